The largest absolute Gasteiger partial charge is 0.459 e. The number of hydrogen-bond acceptors (Lipinski definition) is 2. The van der Waals surface area contributed by atoms with Gasteiger partial charge in [-0.05, 0) is 23.5 Å². The Kier molecular flexibility index (Phi) is 3.25. The molecule has 0 saturated carbocycles. The van der Waals surface area contributed by atoms with E-state index in [1.165, 1.54) is 5.56 Å². The molecule has 2 rings (SSSR count). The highest BCUT2D eigenvalue weighted by Gasteiger charge is 2.17. The Morgan fingerprint density at radius 1 is 1.12 bits per heavy atom. The molecule has 1 atom stereocenters. The smallest absolute Gasteiger partial charge is 0.137 e. The molecule has 0 aliphatic rings. The van der Waals surface area contributed by atoms with Crippen LogP contribution in [-0.4, -0.2) is 0 Å². The fraction of sp³-hybridized carbons (Fsp3) is 0.467. The van der Waals surface area contributed by atoms with E-state index in [1.807, 2.05) is 0 Å². The first-order valence-corrected chi connectivity index (χ1v) is 6.28. The Balaban J connectivity index is 2.54. The summed E-state index contributed by atoms with van der Waals surface area (Å²) < 4.78 is 5.96. The molecule has 1 heterocycles. The number of para-hydroxylation sites is 1. The van der Waals surface area contributed by atoms with Gasteiger partial charge in [0.1, 0.15) is 11.3 Å². The highest BCUT2D eigenvalue weighted by Crippen LogP contribution is 2.31. The van der Waals surface area contributed by atoms with Crippen LogP contribution in [0.2, 0.25) is 0 Å². The van der Waals surface area contributed by atoms with Crippen LogP contribution >= 0.6 is 0 Å². The summed E-state index contributed by atoms with van der Waals surface area (Å²) in [7, 11) is 0. The maximum absolute atomic E-state index is 6.13. The first-order valence-electron chi connectivity index (χ1n) is 6.28. The molecule has 0 saturated heterocycles. The molecule has 0 aliphatic carbocycles. The second kappa shape index (κ2) is 4.53. The fourth-order valence-corrected chi connectivity index (χ4v) is 2.05. The van der Waals surface area contributed by atoms with E-state index in [1.54, 1.807) is 0 Å². The van der Waals surface area contributed by atoms with Gasteiger partial charge in [-0.3, -0.25) is 0 Å². The second-order valence-corrected chi connectivity index (χ2v) is 5.34. The molecule has 1 aromatic heterocycles. The quantitative estimate of drug-likeness (QED) is 0.859. The summed E-state index contributed by atoms with van der Waals surface area (Å²) in [5.41, 5.74) is 8.38. The van der Waals surface area contributed by atoms with Crippen molar-refractivity contribution in [3.05, 3.63) is 35.6 Å². The third-order valence-electron chi connectivity index (χ3n) is 3.26. The average Bonchev–Trinajstić information content (AvgIpc) is 2.70. The summed E-state index contributed by atoms with van der Waals surface area (Å²) in [6.45, 7) is 8.58. The van der Waals surface area contributed by atoms with Crippen molar-refractivity contribution in [3.63, 3.8) is 0 Å². The van der Waals surface area contributed by atoms with Crippen LogP contribution in [-0.2, 0) is 0 Å². The molecule has 17 heavy (non-hydrogen) atoms. The Hall–Kier alpha value is -1.28. The number of fused-ring (bicyclic) bond motifs is 1. The van der Waals surface area contributed by atoms with Gasteiger partial charge in [-0.15, -0.1) is 0 Å². The minimum Gasteiger partial charge on any atom is -0.459 e. The lowest BCUT2D eigenvalue weighted by Crippen LogP contribution is -2.15. The molecule has 2 heteroatoms. The van der Waals surface area contributed by atoms with Crippen molar-refractivity contribution < 1.29 is 4.42 Å². The Morgan fingerprint density at radius 3 is 2.41 bits per heavy atom. The van der Waals surface area contributed by atoms with Gasteiger partial charge in [0.2, 0.25) is 0 Å². The minimum absolute atomic E-state index is 0.0255. The summed E-state index contributed by atoms with van der Waals surface area (Å²) >= 11 is 0. The summed E-state index contributed by atoms with van der Waals surface area (Å²) in [6.07, 6.45) is 0. The standard InChI is InChI=1S/C15H21NO/c1-9(2)12-7-5-6-11-8-13(17-15(11)12)14(16)10(3)4/h5-10,14H,16H2,1-4H3. The zero-order valence-electron chi connectivity index (χ0n) is 11.0. The molecule has 92 valence electrons. The third-order valence-corrected chi connectivity index (χ3v) is 3.26. The van der Waals surface area contributed by atoms with Crippen LogP contribution in [0.15, 0.2) is 28.7 Å². The van der Waals surface area contributed by atoms with E-state index in [0.717, 1.165) is 16.7 Å². The topological polar surface area (TPSA) is 39.2 Å². The monoisotopic (exact) mass is 231 g/mol. The summed E-state index contributed by atoms with van der Waals surface area (Å²) in [5.74, 6) is 1.74. The van der Waals surface area contributed by atoms with Crippen molar-refractivity contribution >= 4 is 11.0 Å². The summed E-state index contributed by atoms with van der Waals surface area (Å²) in [4.78, 5) is 0. The second-order valence-electron chi connectivity index (χ2n) is 5.34. The van der Waals surface area contributed by atoms with E-state index in [0.29, 0.717) is 11.8 Å². The van der Waals surface area contributed by atoms with Gasteiger partial charge in [0, 0.05) is 5.39 Å². The predicted molar refractivity (Wildman–Crippen MR) is 72.1 cm³/mol. The molecule has 2 aromatic rings. The zero-order chi connectivity index (χ0) is 12.6. The van der Waals surface area contributed by atoms with E-state index in [9.17, 15) is 0 Å². The first-order chi connectivity index (χ1) is 8.00. The normalized spacial score (nSPS) is 13.8. The molecular weight excluding hydrogens is 210 g/mol. The average molecular weight is 231 g/mol. The van der Waals surface area contributed by atoms with Gasteiger partial charge < -0.3 is 10.2 Å². The van der Waals surface area contributed by atoms with Crippen LogP contribution in [0.4, 0.5) is 0 Å². The highest BCUT2D eigenvalue weighted by atomic mass is 16.3. The maximum Gasteiger partial charge on any atom is 0.137 e. The van der Waals surface area contributed by atoms with Gasteiger partial charge in [0.05, 0.1) is 6.04 Å². The minimum atomic E-state index is -0.0255. The molecule has 0 fully saturated rings. The Morgan fingerprint density at radius 2 is 1.82 bits per heavy atom. The molecule has 0 bridgehead atoms. The number of nitrogens with two attached hydrogens (primary N) is 1. The van der Waals surface area contributed by atoms with Crippen molar-refractivity contribution in [1.82, 2.24) is 0 Å². The van der Waals surface area contributed by atoms with Crippen LogP contribution in [0.1, 0.15) is 51.0 Å². The van der Waals surface area contributed by atoms with E-state index >= 15 is 0 Å². The van der Waals surface area contributed by atoms with E-state index in [4.69, 9.17) is 10.2 Å². The van der Waals surface area contributed by atoms with Crippen LogP contribution in [0.5, 0.6) is 0 Å². The van der Waals surface area contributed by atoms with Gasteiger partial charge >= 0.3 is 0 Å². The lowest BCUT2D eigenvalue weighted by molar-refractivity contribution is 0.417. The van der Waals surface area contributed by atoms with Crippen molar-refractivity contribution in [2.45, 2.75) is 39.7 Å². The van der Waals surface area contributed by atoms with Gasteiger partial charge in [-0.25, -0.2) is 0 Å². The predicted octanol–water partition coefficient (Wildman–Crippen LogP) is 4.21. The number of rotatable bonds is 3. The molecule has 0 spiro atoms. The lowest BCUT2D eigenvalue weighted by atomic mass is 10.0. The SMILES string of the molecule is CC(C)c1cccc2cc(C(N)C(C)C)oc12. The lowest BCUT2D eigenvalue weighted by Gasteiger charge is -2.12. The number of furan rings is 1. The molecule has 0 aliphatic heterocycles. The molecular formula is C15H21NO. The van der Waals surface area contributed by atoms with E-state index in [2.05, 4.69) is 52.0 Å². The Bertz CT molecular complexity index is 511. The van der Waals surface area contributed by atoms with Crippen molar-refractivity contribution in [2.75, 3.05) is 0 Å². The Labute approximate surface area is 103 Å². The van der Waals surface area contributed by atoms with Gasteiger partial charge in [-0.2, -0.15) is 0 Å². The van der Waals surface area contributed by atoms with Crippen LogP contribution in [0, 0.1) is 5.92 Å². The van der Waals surface area contributed by atoms with Gasteiger partial charge in [0.15, 0.2) is 0 Å². The summed E-state index contributed by atoms with van der Waals surface area (Å²) in [5, 5.41) is 1.15. The summed E-state index contributed by atoms with van der Waals surface area (Å²) in [6, 6.07) is 8.34. The molecule has 1 aromatic carbocycles. The van der Waals surface area contributed by atoms with E-state index in [-0.39, 0.29) is 6.04 Å². The van der Waals surface area contributed by atoms with Crippen LogP contribution in [0.25, 0.3) is 11.0 Å². The highest BCUT2D eigenvalue weighted by molar-refractivity contribution is 5.81. The van der Waals surface area contributed by atoms with Crippen molar-refractivity contribution in [3.8, 4) is 0 Å². The molecule has 0 radical (unpaired) electrons. The van der Waals surface area contributed by atoms with Crippen molar-refractivity contribution in [2.24, 2.45) is 11.7 Å². The maximum atomic E-state index is 6.13. The number of benzene rings is 1. The molecule has 2 N–H and O–H groups in total. The molecule has 0 amide bonds. The fourth-order valence-electron chi connectivity index (χ4n) is 2.05. The molecule has 1 unspecified atom stereocenters. The van der Waals surface area contributed by atoms with Gasteiger partial charge in [0.25, 0.3) is 0 Å². The zero-order valence-corrected chi connectivity index (χ0v) is 11.0. The number of hydrogen-bond donors (Lipinski definition) is 1. The van der Waals surface area contributed by atoms with Crippen LogP contribution in [0.3, 0.4) is 0 Å². The van der Waals surface area contributed by atoms with E-state index < -0.39 is 0 Å². The third kappa shape index (κ3) is 2.22. The van der Waals surface area contributed by atoms with Gasteiger partial charge in [-0.1, -0.05) is 45.9 Å². The van der Waals surface area contributed by atoms with Crippen LogP contribution < -0.4 is 5.73 Å². The first kappa shape index (κ1) is 12.2. The molecule has 2 nitrogen and oxygen atoms in total. The van der Waals surface area contributed by atoms with Crippen molar-refractivity contribution in [1.29, 1.82) is 0 Å².